The quantitative estimate of drug-likeness (QED) is 0.158. The molecule has 1 heterocycles. The van der Waals surface area contributed by atoms with Gasteiger partial charge < -0.3 is 9.32 Å². The van der Waals surface area contributed by atoms with Gasteiger partial charge in [-0.2, -0.15) is 0 Å². The van der Waals surface area contributed by atoms with E-state index in [1.165, 1.54) is 66.8 Å². The molecule has 0 fully saturated rings. The molecule has 0 spiro atoms. The number of anilines is 3. The smallest absolute Gasteiger partial charge is 0.143 e. The molecule has 0 saturated carbocycles. The molecular weight excluding hydrogens is 847 g/mol. The predicted octanol–water partition coefficient (Wildman–Crippen LogP) is 18.2. The first kappa shape index (κ1) is 40.4. The van der Waals surface area contributed by atoms with Gasteiger partial charge in [0.1, 0.15) is 11.2 Å². The van der Waals surface area contributed by atoms with Gasteiger partial charge in [0.05, 0.1) is 11.1 Å². The molecule has 0 aliphatic heterocycles. The van der Waals surface area contributed by atoms with E-state index in [1.54, 1.807) is 0 Å². The number of fused-ring (bicyclic) bond motifs is 11. The van der Waals surface area contributed by atoms with Crippen LogP contribution >= 0.6 is 0 Å². The highest BCUT2D eigenvalue weighted by Gasteiger charge is 2.47. The van der Waals surface area contributed by atoms with Crippen LogP contribution in [0.2, 0.25) is 0 Å². The summed E-state index contributed by atoms with van der Waals surface area (Å²) >= 11 is 0. The second kappa shape index (κ2) is 15.4. The predicted molar refractivity (Wildman–Crippen MR) is 292 cm³/mol. The topological polar surface area (TPSA) is 16.4 Å². The lowest BCUT2D eigenvalue weighted by molar-refractivity contribution is 0.660. The summed E-state index contributed by atoms with van der Waals surface area (Å²) in [6, 6.07) is 91.6. The zero-order chi connectivity index (χ0) is 46.6. The maximum absolute atomic E-state index is 6.96. The highest BCUT2D eigenvalue weighted by Crippen LogP contribution is 2.59. The summed E-state index contributed by atoms with van der Waals surface area (Å²) in [5.41, 5.74) is 22.2. The lowest BCUT2D eigenvalue weighted by Crippen LogP contribution is -2.29. The minimum Gasteiger partial charge on any atom is -0.455 e. The van der Waals surface area contributed by atoms with Gasteiger partial charge in [0, 0.05) is 38.3 Å². The maximum Gasteiger partial charge on any atom is 0.143 e. The average molecular weight is 894 g/mol. The summed E-state index contributed by atoms with van der Waals surface area (Å²) in [4.78, 5) is 2.44. The fourth-order valence-corrected chi connectivity index (χ4v) is 12.5. The fraction of sp³-hybridized carbons (Fsp3) is 0.0588. The Labute approximate surface area is 408 Å². The maximum atomic E-state index is 6.96. The molecule has 1 aromatic heterocycles. The molecule has 330 valence electrons. The summed E-state index contributed by atoms with van der Waals surface area (Å²) in [6.07, 6.45) is 0. The minimum atomic E-state index is -0.500. The number of benzene rings is 11. The zero-order valence-electron chi connectivity index (χ0n) is 39.0. The van der Waals surface area contributed by atoms with Crippen LogP contribution in [0.1, 0.15) is 47.2 Å². The summed E-state index contributed by atoms with van der Waals surface area (Å²) in [5, 5.41) is 4.42. The van der Waals surface area contributed by atoms with E-state index < -0.39 is 5.41 Å². The van der Waals surface area contributed by atoms with Gasteiger partial charge in [-0.3, -0.25) is 0 Å². The SMILES string of the molecule is CC1(C)c2ccccc2-c2ccc(N(c3ccccc3)c3cc4c(oc5cccc(-c6ccc(-c7cccc8c7C(c7ccccc7)(c7ccccc7)c7ccccc7-8)cc6)c54)c4ccccc34)cc21. The van der Waals surface area contributed by atoms with Crippen molar-refractivity contribution < 1.29 is 4.42 Å². The molecule has 0 unspecified atom stereocenters. The summed E-state index contributed by atoms with van der Waals surface area (Å²) < 4.78 is 6.96. The Morgan fingerprint density at radius 3 is 1.60 bits per heavy atom. The van der Waals surface area contributed by atoms with Gasteiger partial charge >= 0.3 is 0 Å². The Morgan fingerprint density at radius 2 is 0.886 bits per heavy atom. The second-order valence-electron chi connectivity index (χ2n) is 19.5. The van der Waals surface area contributed by atoms with Gasteiger partial charge in [0.25, 0.3) is 0 Å². The van der Waals surface area contributed by atoms with Crippen LogP contribution in [-0.2, 0) is 10.8 Å². The van der Waals surface area contributed by atoms with E-state index in [4.69, 9.17) is 4.42 Å². The van der Waals surface area contributed by atoms with Crippen molar-refractivity contribution >= 4 is 49.8 Å². The van der Waals surface area contributed by atoms with E-state index in [0.29, 0.717) is 0 Å². The van der Waals surface area contributed by atoms with Crippen LogP contribution in [0.5, 0.6) is 0 Å². The Kier molecular flexibility index (Phi) is 8.88. The third-order valence-electron chi connectivity index (χ3n) is 15.5. The zero-order valence-corrected chi connectivity index (χ0v) is 39.0. The number of furan rings is 1. The lowest BCUT2D eigenvalue weighted by Gasteiger charge is -2.35. The molecule has 0 N–H and O–H groups in total. The number of hydrogen-bond donors (Lipinski definition) is 0. The molecule has 2 heteroatoms. The van der Waals surface area contributed by atoms with Gasteiger partial charge in [-0.15, -0.1) is 0 Å². The largest absolute Gasteiger partial charge is 0.455 e. The molecule has 0 bridgehead atoms. The first-order valence-corrected chi connectivity index (χ1v) is 24.4. The van der Waals surface area contributed by atoms with E-state index in [1.807, 2.05) is 0 Å². The molecule has 0 atom stereocenters. The van der Waals surface area contributed by atoms with Crippen molar-refractivity contribution in [3.8, 4) is 44.5 Å². The Bertz CT molecular complexity index is 3970. The molecule has 11 aromatic carbocycles. The molecule has 2 aliphatic rings. The van der Waals surface area contributed by atoms with E-state index in [0.717, 1.165) is 60.9 Å². The highest BCUT2D eigenvalue weighted by atomic mass is 16.3. The molecular formula is C68H47NO. The van der Waals surface area contributed by atoms with Crippen molar-refractivity contribution in [1.82, 2.24) is 0 Å². The molecule has 0 radical (unpaired) electrons. The monoisotopic (exact) mass is 893 g/mol. The number of hydrogen-bond acceptors (Lipinski definition) is 2. The Balaban J connectivity index is 0.946. The second-order valence-corrected chi connectivity index (χ2v) is 19.5. The van der Waals surface area contributed by atoms with Gasteiger partial charge in [-0.05, 0) is 114 Å². The highest BCUT2D eigenvalue weighted by molar-refractivity contribution is 6.22. The van der Waals surface area contributed by atoms with Crippen LogP contribution in [0.4, 0.5) is 17.1 Å². The van der Waals surface area contributed by atoms with Crippen LogP contribution in [0, 0.1) is 0 Å². The van der Waals surface area contributed by atoms with Crippen molar-refractivity contribution in [2.24, 2.45) is 0 Å². The average Bonchev–Trinajstić information content (AvgIpc) is 4.04. The minimum absolute atomic E-state index is 0.139. The van der Waals surface area contributed by atoms with Gasteiger partial charge in [-0.25, -0.2) is 0 Å². The van der Waals surface area contributed by atoms with E-state index in [2.05, 4.69) is 267 Å². The molecule has 0 amide bonds. The van der Waals surface area contributed by atoms with Gasteiger partial charge in [0.2, 0.25) is 0 Å². The number of nitrogens with zero attached hydrogens (tertiary/aromatic N) is 1. The van der Waals surface area contributed by atoms with Crippen molar-refractivity contribution in [3.63, 3.8) is 0 Å². The van der Waals surface area contributed by atoms with Crippen LogP contribution in [0.25, 0.3) is 77.2 Å². The van der Waals surface area contributed by atoms with Crippen LogP contribution in [-0.4, -0.2) is 0 Å². The molecule has 70 heavy (non-hydrogen) atoms. The van der Waals surface area contributed by atoms with E-state index >= 15 is 0 Å². The van der Waals surface area contributed by atoms with Crippen LogP contribution in [0.15, 0.2) is 253 Å². The summed E-state index contributed by atoms with van der Waals surface area (Å²) in [6.45, 7) is 4.71. The van der Waals surface area contributed by atoms with Crippen molar-refractivity contribution in [1.29, 1.82) is 0 Å². The third kappa shape index (κ3) is 5.74. The standard InChI is InChI=1S/C68H47NO/c1-67(2)59-33-16-14-26-52(59)54-41-40-49(42-61(54)67)69(48-24-10-5-11-25-48)62-43-58-64-50(30-19-35-63(64)70-66(58)57-29-13-12-28-55(57)62)44-36-38-45(39-37-44)51-31-18-32-56-53-27-15-17-34-60(53)68(65(51)56,46-20-6-3-7-21-46)47-22-8-4-9-23-47/h3-43H,1-2H3. The molecule has 14 rings (SSSR count). The van der Waals surface area contributed by atoms with Crippen molar-refractivity contribution in [3.05, 3.63) is 282 Å². The van der Waals surface area contributed by atoms with E-state index in [9.17, 15) is 0 Å². The van der Waals surface area contributed by atoms with Crippen molar-refractivity contribution in [2.45, 2.75) is 24.7 Å². The molecule has 2 nitrogen and oxygen atoms in total. The number of rotatable bonds is 7. The third-order valence-corrected chi connectivity index (χ3v) is 15.5. The Hall–Kier alpha value is -8.72. The van der Waals surface area contributed by atoms with Crippen molar-refractivity contribution in [2.75, 3.05) is 4.90 Å². The Morgan fingerprint density at radius 1 is 0.357 bits per heavy atom. The molecule has 12 aromatic rings. The van der Waals surface area contributed by atoms with Crippen LogP contribution < -0.4 is 4.90 Å². The molecule has 0 saturated heterocycles. The van der Waals surface area contributed by atoms with Gasteiger partial charge in [-0.1, -0.05) is 226 Å². The summed E-state index contributed by atoms with van der Waals surface area (Å²) in [5.74, 6) is 0. The first-order chi connectivity index (χ1) is 34.5. The normalized spacial score (nSPS) is 13.8. The van der Waals surface area contributed by atoms with Crippen LogP contribution in [0.3, 0.4) is 0 Å². The fourth-order valence-electron chi connectivity index (χ4n) is 12.5. The summed E-state index contributed by atoms with van der Waals surface area (Å²) in [7, 11) is 0. The number of para-hydroxylation sites is 1. The van der Waals surface area contributed by atoms with Gasteiger partial charge in [0.15, 0.2) is 0 Å². The molecule has 2 aliphatic carbocycles. The first-order valence-electron chi connectivity index (χ1n) is 24.4. The van der Waals surface area contributed by atoms with E-state index in [-0.39, 0.29) is 5.41 Å². The lowest BCUT2D eigenvalue weighted by atomic mass is 9.66.